The largest absolute Gasteiger partial charge is 0.383 e. The van der Waals surface area contributed by atoms with Gasteiger partial charge in [-0.05, 0) is 33.8 Å². The van der Waals surface area contributed by atoms with Crippen molar-refractivity contribution < 1.29 is 9.13 Å². The predicted molar refractivity (Wildman–Crippen MR) is 80.6 cm³/mol. The number of anilines is 1. The molecule has 5 heteroatoms. The average Bonchev–Trinajstić information content (AvgIpc) is 2.38. The zero-order valence-electron chi connectivity index (χ0n) is 13.2. The van der Waals surface area contributed by atoms with Crippen molar-refractivity contribution in [3.05, 3.63) is 23.6 Å². The highest BCUT2D eigenvalue weighted by molar-refractivity contribution is 5.46. The molecule has 1 heterocycles. The molecule has 0 saturated heterocycles. The Bertz CT molecular complexity index is 418. The Balaban J connectivity index is 2.93. The number of rotatable bonds is 7. The molecule has 0 radical (unpaired) electrons. The number of nitrogens with zero attached hydrogens (tertiary/aromatic N) is 2. The summed E-state index contributed by atoms with van der Waals surface area (Å²) in [6.45, 7) is 11.1. The number of aromatic nitrogens is 1. The van der Waals surface area contributed by atoms with Gasteiger partial charge in [-0.3, -0.25) is 0 Å². The van der Waals surface area contributed by atoms with Crippen LogP contribution in [0.15, 0.2) is 12.3 Å². The Labute approximate surface area is 121 Å². The van der Waals surface area contributed by atoms with Crippen LogP contribution in [-0.2, 0) is 11.3 Å². The second kappa shape index (κ2) is 7.55. The Morgan fingerprint density at radius 3 is 2.65 bits per heavy atom. The van der Waals surface area contributed by atoms with E-state index in [1.54, 1.807) is 13.2 Å². The van der Waals surface area contributed by atoms with Crippen molar-refractivity contribution in [2.75, 3.05) is 31.7 Å². The topological polar surface area (TPSA) is 37.4 Å². The Morgan fingerprint density at radius 2 is 2.10 bits per heavy atom. The first-order valence-corrected chi connectivity index (χ1v) is 7.00. The van der Waals surface area contributed by atoms with Crippen LogP contribution in [0.3, 0.4) is 0 Å². The van der Waals surface area contributed by atoms with Gasteiger partial charge in [0.15, 0.2) is 0 Å². The summed E-state index contributed by atoms with van der Waals surface area (Å²) in [6, 6.07) is 1.55. The molecule has 0 atom stereocenters. The van der Waals surface area contributed by atoms with E-state index in [9.17, 15) is 4.39 Å². The van der Waals surface area contributed by atoms with Crippen LogP contribution in [0.5, 0.6) is 0 Å². The molecular formula is C15H26FN3O. The van der Waals surface area contributed by atoms with Crippen molar-refractivity contribution in [1.29, 1.82) is 0 Å². The van der Waals surface area contributed by atoms with Crippen LogP contribution in [0.1, 0.15) is 33.3 Å². The normalized spacial score (nSPS) is 11.7. The van der Waals surface area contributed by atoms with Gasteiger partial charge in [0.1, 0.15) is 11.6 Å². The molecule has 1 rings (SSSR count). The summed E-state index contributed by atoms with van der Waals surface area (Å²) in [5.41, 5.74) is 0.852. The molecule has 0 bridgehead atoms. The molecule has 0 spiro atoms. The maximum atomic E-state index is 13.5. The molecule has 1 N–H and O–H groups in total. The van der Waals surface area contributed by atoms with Gasteiger partial charge in [-0.25, -0.2) is 9.37 Å². The molecule has 0 amide bonds. The first-order valence-electron chi connectivity index (χ1n) is 7.00. The highest BCUT2D eigenvalue weighted by Gasteiger charge is 2.15. The van der Waals surface area contributed by atoms with E-state index in [4.69, 9.17) is 4.74 Å². The molecule has 0 aromatic carbocycles. The van der Waals surface area contributed by atoms with Gasteiger partial charge in [-0.15, -0.1) is 0 Å². The molecule has 0 fully saturated rings. The van der Waals surface area contributed by atoms with Crippen LogP contribution in [0.2, 0.25) is 0 Å². The number of nitrogens with one attached hydrogen (secondary N) is 1. The zero-order valence-corrected chi connectivity index (χ0v) is 13.2. The molecule has 0 unspecified atom stereocenters. The fourth-order valence-corrected chi connectivity index (χ4v) is 1.86. The van der Waals surface area contributed by atoms with Crippen LogP contribution in [0, 0.1) is 5.82 Å². The van der Waals surface area contributed by atoms with E-state index in [2.05, 4.69) is 42.9 Å². The number of hydrogen-bond acceptors (Lipinski definition) is 4. The number of halogens is 1. The summed E-state index contributed by atoms with van der Waals surface area (Å²) in [5.74, 6) is 0.518. The molecular weight excluding hydrogens is 257 g/mol. The standard InChI is InChI=1S/C15H26FN3O/c1-6-19(7-8-20-5)14-12(9-13(16)11-17-14)10-18-15(2,3)4/h9,11,18H,6-8,10H2,1-5H3. The molecule has 0 aliphatic rings. The summed E-state index contributed by atoms with van der Waals surface area (Å²) in [5, 5.41) is 3.38. The fourth-order valence-electron chi connectivity index (χ4n) is 1.86. The third-order valence-electron chi connectivity index (χ3n) is 2.97. The summed E-state index contributed by atoms with van der Waals surface area (Å²) in [7, 11) is 1.67. The molecule has 0 saturated carbocycles. The van der Waals surface area contributed by atoms with E-state index in [0.29, 0.717) is 13.2 Å². The lowest BCUT2D eigenvalue weighted by atomic mass is 10.1. The lowest BCUT2D eigenvalue weighted by Crippen LogP contribution is -2.36. The van der Waals surface area contributed by atoms with Crippen LogP contribution >= 0.6 is 0 Å². The lowest BCUT2D eigenvalue weighted by Gasteiger charge is -2.26. The van der Waals surface area contributed by atoms with E-state index < -0.39 is 0 Å². The molecule has 4 nitrogen and oxygen atoms in total. The summed E-state index contributed by atoms with van der Waals surface area (Å²) < 4.78 is 18.6. The minimum atomic E-state index is -0.303. The van der Waals surface area contributed by atoms with E-state index in [-0.39, 0.29) is 11.4 Å². The SMILES string of the molecule is CCN(CCOC)c1ncc(F)cc1CNC(C)(C)C. The van der Waals surface area contributed by atoms with Crippen molar-refractivity contribution in [2.24, 2.45) is 0 Å². The van der Waals surface area contributed by atoms with Gasteiger partial charge in [0.25, 0.3) is 0 Å². The zero-order chi connectivity index (χ0) is 15.2. The monoisotopic (exact) mass is 283 g/mol. The third-order valence-corrected chi connectivity index (χ3v) is 2.97. The van der Waals surface area contributed by atoms with Gasteiger partial charge in [0.05, 0.1) is 12.8 Å². The molecule has 1 aromatic rings. The first kappa shape index (κ1) is 16.9. The van der Waals surface area contributed by atoms with Gasteiger partial charge >= 0.3 is 0 Å². The maximum absolute atomic E-state index is 13.5. The highest BCUT2D eigenvalue weighted by atomic mass is 19.1. The predicted octanol–water partition coefficient (Wildman–Crippen LogP) is 2.58. The molecule has 0 aliphatic heterocycles. The van der Waals surface area contributed by atoms with Crippen molar-refractivity contribution >= 4 is 5.82 Å². The second-order valence-electron chi connectivity index (χ2n) is 5.81. The third kappa shape index (κ3) is 5.43. The minimum absolute atomic E-state index is 0.0207. The second-order valence-corrected chi connectivity index (χ2v) is 5.81. The van der Waals surface area contributed by atoms with Gasteiger partial charge in [-0.2, -0.15) is 0 Å². The summed E-state index contributed by atoms with van der Waals surface area (Å²) >= 11 is 0. The Morgan fingerprint density at radius 1 is 1.40 bits per heavy atom. The lowest BCUT2D eigenvalue weighted by molar-refractivity contribution is 0.205. The Hall–Kier alpha value is -1.20. The highest BCUT2D eigenvalue weighted by Crippen LogP contribution is 2.19. The summed E-state index contributed by atoms with van der Waals surface area (Å²) in [6.07, 6.45) is 1.27. The van der Waals surface area contributed by atoms with Gasteiger partial charge in [0, 0.05) is 37.8 Å². The van der Waals surface area contributed by atoms with E-state index >= 15 is 0 Å². The molecule has 20 heavy (non-hydrogen) atoms. The number of ether oxygens (including phenoxy) is 1. The first-order chi connectivity index (χ1) is 9.37. The molecule has 0 aliphatic carbocycles. The number of methoxy groups -OCH3 is 1. The Kier molecular flexibility index (Phi) is 6.36. The van der Waals surface area contributed by atoms with Crippen molar-refractivity contribution in [2.45, 2.75) is 39.8 Å². The smallest absolute Gasteiger partial charge is 0.141 e. The van der Waals surface area contributed by atoms with Gasteiger partial charge in [0.2, 0.25) is 0 Å². The van der Waals surface area contributed by atoms with Crippen LogP contribution in [-0.4, -0.2) is 37.3 Å². The minimum Gasteiger partial charge on any atom is -0.383 e. The number of pyridine rings is 1. The quantitative estimate of drug-likeness (QED) is 0.834. The number of likely N-dealkylation sites (N-methyl/N-ethyl adjacent to an activating group) is 1. The van der Waals surface area contributed by atoms with Crippen molar-refractivity contribution in [3.8, 4) is 0 Å². The fraction of sp³-hybridized carbons (Fsp3) is 0.667. The van der Waals surface area contributed by atoms with Crippen LogP contribution in [0.4, 0.5) is 10.2 Å². The van der Waals surface area contributed by atoms with E-state index in [1.165, 1.54) is 6.20 Å². The number of hydrogen-bond donors (Lipinski definition) is 1. The average molecular weight is 283 g/mol. The molecule has 1 aromatic heterocycles. The van der Waals surface area contributed by atoms with Gasteiger partial charge in [-0.1, -0.05) is 0 Å². The maximum Gasteiger partial charge on any atom is 0.141 e. The summed E-state index contributed by atoms with van der Waals surface area (Å²) in [4.78, 5) is 6.36. The van der Waals surface area contributed by atoms with E-state index in [1.807, 2.05) is 0 Å². The molecule has 114 valence electrons. The van der Waals surface area contributed by atoms with Crippen LogP contribution < -0.4 is 10.2 Å². The van der Waals surface area contributed by atoms with Crippen LogP contribution in [0.25, 0.3) is 0 Å². The van der Waals surface area contributed by atoms with E-state index in [0.717, 1.165) is 24.5 Å². The van der Waals surface area contributed by atoms with Crippen molar-refractivity contribution in [1.82, 2.24) is 10.3 Å². The van der Waals surface area contributed by atoms with Crippen molar-refractivity contribution in [3.63, 3.8) is 0 Å². The van der Waals surface area contributed by atoms with Gasteiger partial charge < -0.3 is 15.0 Å².